The van der Waals surface area contributed by atoms with Gasteiger partial charge in [0.2, 0.25) is 0 Å². The van der Waals surface area contributed by atoms with Crippen LogP contribution in [0.5, 0.6) is 0 Å². The van der Waals surface area contributed by atoms with E-state index < -0.39 is 5.91 Å². The highest BCUT2D eigenvalue weighted by Gasteiger charge is 2.25. The van der Waals surface area contributed by atoms with Crippen LogP contribution in [0.1, 0.15) is 10.4 Å². The number of aromatic nitrogens is 2. The number of carbonyl (C=O) groups excluding carboxylic acids is 1. The molecule has 1 N–H and O–H groups in total. The molecule has 0 atom stereocenters. The molecule has 0 unspecified atom stereocenters. The molecule has 0 spiro atoms. The lowest BCUT2D eigenvalue weighted by atomic mass is 10.1. The molecular weight excluding hydrogens is 350 g/mol. The second-order valence-corrected chi connectivity index (χ2v) is 6.39. The van der Waals surface area contributed by atoms with Crippen molar-refractivity contribution in [3.63, 3.8) is 0 Å². The summed E-state index contributed by atoms with van der Waals surface area (Å²) in [6.07, 6.45) is 0. The number of amides is 1. The maximum absolute atomic E-state index is 13.3. The minimum Gasteiger partial charge on any atom is -0.322 e. The molecule has 138 valence electrons. The minimum atomic E-state index is -0.430. The number of hydrogen-bond acceptors (Lipinski definition) is 2. The first-order valence-electron chi connectivity index (χ1n) is 8.96. The lowest BCUT2D eigenvalue weighted by Crippen LogP contribution is -2.25. The molecule has 4 aromatic rings. The van der Waals surface area contributed by atoms with Crippen LogP contribution >= 0.6 is 0 Å². The molecule has 0 aliphatic carbocycles. The molecule has 1 amide bonds. The predicted molar refractivity (Wildman–Crippen MR) is 111 cm³/mol. The van der Waals surface area contributed by atoms with E-state index in [0.29, 0.717) is 17.1 Å². The van der Waals surface area contributed by atoms with Gasteiger partial charge in [0.05, 0.1) is 11.4 Å². The highest BCUT2D eigenvalue weighted by atomic mass is 16.2. The Hall–Kier alpha value is -3.86. The van der Waals surface area contributed by atoms with E-state index in [1.807, 2.05) is 78.9 Å². The van der Waals surface area contributed by atoms with Crippen LogP contribution in [0.4, 0.5) is 5.69 Å². The van der Waals surface area contributed by atoms with Crippen molar-refractivity contribution in [2.75, 3.05) is 5.32 Å². The summed E-state index contributed by atoms with van der Waals surface area (Å²) in [6.45, 7) is 0. The molecule has 0 aliphatic heterocycles. The zero-order valence-corrected chi connectivity index (χ0v) is 15.4. The Balaban J connectivity index is 1.91. The number of benzene rings is 3. The van der Waals surface area contributed by atoms with Gasteiger partial charge in [0.25, 0.3) is 11.5 Å². The topological polar surface area (TPSA) is 56.0 Å². The molecule has 28 heavy (non-hydrogen) atoms. The van der Waals surface area contributed by atoms with Crippen LogP contribution in [0.3, 0.4) is 0 Å². The normalized spacial score (nSPS) is 10.6. The number of anilines is 1. The monoisotopic (exact) mass is 369 g/mol. The maximum Gasteiger partial charge on any atom is 0.284 e. The third-order valence-electron chi connectivity index (χ3n) is 4.57. The summed E-state index contributed by atoms with van der Waals surface area (Å²) in [4.78, 5) is 26.4. The molecular formula is C23H19N3O2. The molecule has 1 heterocycles. The van der Waals surface area contributed by atoms with Crippen molar-refractivity contribution in [2.24, 2.45) is 7.05 Å². The Morgan fingerprint density at radius 3 is 1.93 bits per heavy atom. The standard InChI is InChI=1S/C23H19N3O2/c1-25-21(17-11-5-2-6-12-17)20(22(27)24-18-13-7-3-8-14-18)23(28)26(25)19-15-9-4-10-16-19/h2-16H,1H3,(H,24,27). The summed E-state index contributed by atoms with van der Waals surface area (Å²) in [7, 11) is 1.79. The van der Waals surface area contributed by atoms with Crippen LogP contribution in [0.15, 0.2) is 95.8 Å². The van der Waals surface area contributed by atoms with Crippen molar-refractivity contribution in [3.8, 4) is 16.9 Å². The maximum atomic E-state index is 13.3. The van der Waals surface area contributed by atoms with E-state index >= 15 is 0 Å². The van der Waals surface area contributed by atoms with E-state index in [1.165, 1.54) is 4.68 Å². The van der Waals surface area contributed by atoms with Gasteiger partial charge in [-0.25, -0.2) is 4.68 Å². The molecule has 0 radical (unpaired) electrons. The summed E-state index contributed by atoms with van der Waals surface area (Å²) >= 11 is 0. The van der Waals surface area contributed by atoms with Crippen LogP contribution in [0.2, 0.25) is 0 Å². The smallest absolute Gasteiger partial charge is 0.284 e. The van der Waals surface area contributed by atoms with Crippen molar-refractivity contribution in [3.05, 3.63) is 107 Å². The molecule has 0 bridgehead atoms. The van der Waals surface area contributed by atoms with Crippen LogP contribution < -0.4 is 10.9 Å². The number of hydrogen-bond donors (Lipinski definition) is 1. The molecule has 0 fully saturated rings. The van der Waals surface area contributed by atoms with Gasteiger partial charge in [0.15, 0.2) is 0 Å². The van der Waals surface area contributed by atoms with Crippen LogP contribution in [-0.2, 0) is 7.05 Å². The van der Waals surface area contributed by atoms with E-state index in [1.54, 1.807) is 23.9 Å². The van der Waals surface area contributed by atoms with E-state index in [2.05, 4.69) is 5.32 Å². The number of carbonyl (C=O) groups is 1. The molecule has 1 aromatic heterocycles. The molecule has 5 nitrogen and oxygen atoms in total. The molecule has 0 aliphatic rings. The number of nitrogens with one attached hydrogen (secondary N) is 1. The predicted octanol–water partition coefficient (Wildman–Crippen LogP) is 4.10. The third kappa shape index (κ3) is 3.14. The summed E-state index contributed by atoms with van der Waals surface area (Å²) < 4.78 is 3.25. The number of para-hydroxylation sites is 2. The Morgan fingerprint density at radius 1 is 0.786 bits per heavy atom. The first-order valence-corrected chi connectivity index (χ1v) is 8.96. The van der Waals surface area contributed by atoms with Gasteiger partial charge in [0.1, 0.15) is 5.56 Å². The fraction of sp³-hybridized carbons (Fsp3) is 0.0435. The Morgan fingerprint density at radius 2 is 1.32 bits per heavy atom. The van der Waals surface area contributed by atoms with E-state index in [0.717, 1.165) is 5.56 Å². The fourth-order valence-electron chi connectivity index (χ4n) is 3.31. The van der Waals surface area contributed by atoms with Gasteiger partial charge in [-0.05, 0) is 24.3 Å². The van der Waals surface area contributed by atoms with Crippen molar-refractivity contribution in [1.29, 1.82) is 0 Å². The molecule has 5 heteroatoms. The molecule has 4 rings (SSSR count). The lowest BCUT2D eigenvalue weighted by molar-refractivity contribution is 0.102. The van der Waals surface area contributed by atoms with Crippen LogP contribution in [0, 0.1) is 0 Å². The minimum absolute atomic E-state index is 0.112. The van der Waals surface area contributed by atoms with E-state index in [9.17, 15) is 9.59 Å². The van der Waals surface area contributed by atoms with Crippen molar-refractivity contribution in [2.45, 2.75) is 0 Å². The summed E-state index contributed by atoms with van der Waals surface area (Å²) in [6, 6.07) is 27.9. The zero-order valence-electron chi connectivity index (χ0n) is 15.4. The van der Waals surface area contributed by atoms with Crippen molar-refractivity contribution >= 4 is 11.6 Å². The Labute approximate surface area is 162 Å². The van der Waals surface area contributed by atoms with Crippen molar-refractivity contribution < 1.29 is 4.79 Å². The van der Waals surface area contributed by atoms with Gasteiger partial charge >= 0.3 is 0 Å². The van der Waals surface area contributed by atoms with Gasteiger partial charge in [-0.3, -0.25) is 14.3 Å². The third-order valence-corrected chi connectivity index (χ3v) is 4.57. The summed E-state index contributed by atoms with van der Waals surface area (Å²) in [5.41, 5.74) is 2.47. The average molecular weight is 369 g/mol. The zero-order chi connectivity index (χ0) is 19.5. The second-order valence-electron chi connectivity index (χ2n) is 6.39. The van der Waals surface area contributed by atoms with Crippen LogP contribution in [0.25, 0.3) is 16.9 Å². The molecule has 3 aromatic carbocycles. The van der Waals surface area contributed by atoms with E-state index in [4.69, 9.17) is 0 Å². The SMILES string of the molecule is Cn1c(-c2ccccc2)c(C(=O)Nc2ccccc2)c(=O)n1-c1ccccc1. The number of rotatable bonds is 4. The van der Waals surface area contributed by atoms with Gasteiger partial charge in [0, 0.05) is 18.3 Å². The Kier molecular flexibility index (Phi) is 4.64. The summed E-state index contributed by atoms with van der Waals surface area (Å²) in [5, 5.41) is 2.84. The van der Waals surface area contributed by atoms with Gasteiger partial charge < -0.3 is 5.32 Å². The number of nitrogens with zero attached hydrogens (tertiary/aromatic N) is 2. The average Bonchev–Trinajstić information content (AvgIpc) is 3.00. The van der Waals surface area contributed by atoms with Crippen LogP contribution in [-0.4, -0.2) is 15.3 Å². The fourth-order valence-corrected chi connectivity index (χ4v) is 3.31. The van der Waals surface area contributed by atoms with Gasteiger partial charge in [-0.15, -0.1) is 0 Å². The largest absolute Gasteiger partial charge is 0.322 e. The second kappa shape index (κ2) is 7.40. The Bertz CT molecular complexity index is 1160. The van der Waals surface area contributed by atoms with Crippen molar-refractivity contribution in [1.82, 2.24) is 9.36 Å². The molecule has 0 saturated carbocycles. The highest BCUT2D eigenvalue weighted by molar-refractivity contribution is 6.08. The molecule has 0 saturated heterocycles. The van der Waals surface area contributed by atoms with Gasteiger partial charge in [-0.2, -0.15) is 0 Å². The van der Waals surface area contributed by atoms with E-state index in [-0.39, 0.29) is 11.1 Å². The quantitative estimate of drug-likeness (QED) is 0.589. The lowest BCUT2D eigenvalue weighted by Gasteiger charge is -2.10. The first-order chi connectivity index (χ1) is 13.7. The highest BCUT2D eigenvalue weighted by Crippen LogP contribution is 2.24. The first kappa shape index (κ1) is 17.5. The summed E-state index contributed by atoms with van der Waals surface area (Å²) in [5.74, 6) is -0.430. The van der Waals surface area contributed by atoms with Gasteiger partial charge in [-0.1, -0.05) is 66.7 Å².